The summed E-state index contributed by atoms with van der Waals surface area (Å²) in [4.78, 5) is 25.6. The highest BCUT2D eigenvalue weighted by molar-refractivity contribution is 6.22. The molecule has 134 valence electrons. The van der Waals surface area contributed by atoms with Gasteiger partial charge in [-0.15, -0.1) is 0 Å². The molecule has 3 rings (SSSR count). The van der Waals surface area contributed by atoms with Gasteiger partial charge in [0.25, 0.3) is 0 Å². The molecule has 0 bridgehead atoms. The highest BCUT2D eigenvalue weighted by Gasteiger charge is 2.41. The summed E-state index contributed by atoms with van der Waals surface area (Å²) >= 11 is 0. The number of Topliss-reactive ketones (excluding diaryl/α,β-unsaturated/α-hetero) is 1. The van der Waals surface area contributed by atoms with Gasteiger partial charge in [0.1, 0.15) is 5.57 Å². The maximum atomic E-state index is 13.3. The van der Waals surface area contributed by atoms with Gasteiger partial charge in [0.2, 0.25) is 0 Å². The van der Waals surface area contributed by atoms with E-state index < -0.39 is 23.8 Å². The van der Waals surface area contributed by atoms with E-state index in [1.807, 2.05) is 74.5 Å². The van der Waals surface area contributed by atoms with E-state index >= 15 is 0 Å². The molecule has 0 saturated carbocycles. The smallest absolute Gasteiger partial charge is 0.346 e. The molecule has 4 heteroatoms. The molecule has 1 aliphatic rings. The lowest BCUT2D eigenvalue weighted by Gasteiger charge is -2.16. The maximum absolute atomic E-state index is 13.3. The van der Waals surface area contributed by atoms with Crippen molar-refractivity contribution in [3.63, 3.8) is 0 Å². The molecule has 1 atom stereocenters. The molecular weight excluding hydrogens is 328 g/mol. The number of rotatable bonds is 6. The maximum Gasteiger partial charge on any atom is 0.346 e. The summed E-state index contributed by atoms with van der Waals surface area (Å²) in [6, 6.07) is 18.5. The van der Waals surface area contributed by atoms with Crippen molar-refractivity contribution < 1.29 is 19.4 Å². The number of hydrogen-bond acceptors (Lipinski definition) is 4. The van der Waals surface area contributed by atoms with Crippen LogP contribution in [0.5, 0.6) is 0 Å². The summed E-state index contributed by atoms with van der Waals surface area (Å²) in [6.07, 6.45) is -0.260. The number of carbonyl (C=O) groups excluding carboxylic acids is 2. The summed E-state index contributed by atoms with van der Waals surface area (Å²) in [6.45, 7) is 3.94. The largest absolute Gasteiger partial charge is 0.507 e. The molecule has 1 aliphatic heterocycles. The zero-order valence-electron chi connectivity index (χ0n) is 14.9. The Hall–Kier alpha value is -2.88. The fourth-order valence-electron chi connectivity index (χ4n) is 3.25. The van der Waals surface area contributed by atoms with Crippen molar-refractivity contribution in [2.75, 3.05) is 0 Å². The van der Waals surface area contributed by atoms with E-state index in [-0.39, 0.29) is 17.3 Å². The molecule has 26 heavy (non-hydrogen) atoms. The standard InChI is InChI=1S/C22H22O4/c1-14(2)13-17-20(23)19(22(25)26-17)21(24)18(15-9-5-3-6-10-15)16-11-7-4-8-12-16/h3-12,14,17-18,23H,13H2,1-2H3. The van der Waals surface area contributed by atoms with Gasteiger partial charge in [0.15, 0.2) is 17.6 Å². The number of benzene rings is 2. The van der Waals surface area contributed by atoms with Crippen LogP contribution in [0.4, 0.5) is 0 Å². The Morgan fingerprint density at radius 1 is 1.00 bits per heavy atom. The van der Waals surface area contributed by atoms with Gasteiger partial charge in [-0.05, 0) is 23.5 Å². The van der Waals surface area contributed by atoms with Crippen molar-refractivity contribution in [2.24, 2.45) is 5.92 Å². The summed E-state index contributed by atoms with van der Waals surface area (Å²) in [5.41, 5.74) is 1.31. The summed E-state index contributed by atoms with van der Waals surface area (Å²) in [5, 5.41) is 10.5. The van der Waals surface area contributed by atoms with Gasteiger partial charge in [-0.25, -0.2) is 4.79 Å². The van der Waals surface area contributed by atoms with Crippen LogP contribution >= 0.6 is 0 Å². The summed E-state index contributed by atoms with van der Waals surface area (Å²) in [7, 11) is 0. The Morgan fingerprint density at radius 2 is 1.50 bits per heavy atom. The Kier molecular flexibility index (Phi) is 5.21. The number of aliphatic hydroxyl groups is 1. The first-order chi connectivity index (χ1) is 12.5. The molecule has 1 heterocycles. The molecule has 4 nitrogen and oxygen atoms in total. The first-order valence-corrected chi connectivity index (χ1v) is 8.77. The van der Waals surface area contributed by atoms with Gasteiger partial charge in [-0.3, -0.25) is 4.79 Å². The van der Waals surface area contributed by atoms with Crippen LogP contribution in [0, 0.1) is 5.92 Å². The van der Waals surface area contributed by atoms with E-state index in [1.54, 1.807) is 0 Å². The minimum atomic E-state index is -0.742. The van der Waals surface area contributed by atoms with Gasteiger partial charge < -0.3 is 9.84 Å². The molecule has 2 aromatic rings. The normalized spacial score (nSPS) is 17.1. The Balaban J connectivity index is 2.03. The van der Waals surface area contributed by atoms with E-state index in [9.17, 15) is 14.7 Å². The lowest BCUT2D eigenvalue weighted by Crippen LogP contribution is -2.20. The van der Waals surface area contributed by atoms with E-state index in [2.05, 4.69) is 0 Å². The van der Waals surface area contributed by atoms with Crippen molar-refractivity contribution in [3.05, 3.63) is 83.1 Å². The predicted molar refractivity (Wildman–Crippen MR) is 98.7 cm³/mol. The third-order valence-corrected chi connectivity index (χ3v) is 4.47. The number of aliphatic hydroxyl groups excluding tert-OH is 1. The molecule has 1 unspecified atom stereocenters. The number of esters is 1. The van der Waals surface area contributed by atoms with Crippen molar-refractivity contribution in [1.82, 2.24) is 0 Å². The van der Waals surface area contributed by atoms with Crippen molar-refractivity contribution in [1.29, 1.82) is 0 Å². The van der Waals surface area contributed by atoms with E-state index in [0.29, 0.717) is 6.42 Å². The average Bonchev–Trinajstić information content (AvgIpc) is 2.90. The van der Waals surface area contributed by atoms with Crippen molar-refractivity contribution >= 4 is 11.8 Å². The van der Waals surface area contributed by atoms with Crippen LogP contribution in [0.2, 0.25) is 0 Å². The molecule has 0 aromatic heterocycles. The highest BCUT2D eigenvalue weighted by atomic mass is 16.6. The number of cyclic esters (lactones) is 1. The number of carbonyl (C=O) groups is 2. The SMILES string of the molecule is CC(C)CC1OC(=O)C(C(=O)C(c2ccccc2)c2ccccc2)=C1O. The van der Waals surface area contributed by atoms with Crippen LogP contribution in [0.3, 0.4) is 0 Å². The second kappa shape index (κ2) is 7.56. The minimum absolute atomic E-state index is 0.225. The fraction of sp³-hybridized carbons (Fsp3) is 0.273. The molecule has 0 spiro atoms. The minimum Gasteiger partial charge on any atom is -0.507 e. The molecule has 0 aliphatic carbocycles. The summed E-state index contributed by atoms with van der Waals surface area (Å²) in [5.74, 6) is -1.86. The zero-order chi connectivity index (χ0) is 18.7. The molecule has 0 radical (unpaired) electrons. The highest BCUT2D eigenvalue weighted by Crippen LogP contribution is 2.33. The van der Waals surface area contributed by atoms with Crippen LogP contribution in [0.25, 0.3) is 0 Å². The van der Waals surface area contributed by atoms with Gasteiger partial charge >= 0.3 is 5.97 Å². The lowest BCUT2D eigenvalue weighted by atomic mass is 9.84. The van der Waals surface area contributed by atoms with E-state index in [4.69, 9.17) is 4.74 Å². The second-order valence-electron chi connectivity index (χ2n) is 6.90. The summed E-state index contributed by atoms with van der Waals surface area (Å²) < 4.78 is 5.26. The first-order valence-electron chi connectivity index (χ1n) is 8.77. The zero-order valence-corrected chi connectivity index (χ0v) is 14.9. The second-order valence-corrected chi connectivity index (χ2v) is 6.90. The third kappa shape index (κ3) is 3.54. The Bertz CT molecular complexity index is 782. The molecule has 1 N–H and O–H groups in total. The quantitative estimate of drug-likeness (QED) is 0.627. The average molecular weight is 350 g/mol. The lowest BCUT2D eigenvalue weighted by molar-refractivity contribution is -0.141. The van der Waals surface area contributed by atoms with Crippen molar-refractivity contribution in [2.45, 2.75) is 32.3 Å². The predicted octanol–water partition coefficient (Wildman–Crippen LogP) is 4.17. The molecule has 0 saturated heterocycles. The van der Waals surface area contributed by atoms with Crippen LogP contribution in [0.1, 0.15) is 37.3 Å². The molecule has 0 amide bonds. The van der Waals surface area contributed by atoms with Gasteiger partial charge in [0.05, 0.1) is 5.92 Å². The number of ketones is 1. The monoisotopic (exact) mass is 350 g/mol. The van der Waals surface area contributed by atoms with E-state index in [1.165, 1.54) is 0 Å². The topological polar surface area (TPSA) is 63.6 Å². The van der Waals surface area contributed by atoms with Crippen LogP contribution < -0.4 is 0 Å². The number of hydrogen-bond donors (Lipinski definition) is 1. The number of ether oxygens (including phenoxy) is 1. The first kappa shape index (κ1) is 17.9. The Morgan fingerprint density at radius 3 is 1.96 bits per heavy atom. The third-order valence-electron chi connectivity index (χ3n) is 4.47. The van der Waals surface area contributed by atoms with Crippen LogP contribution in [-0.2, 0) is 14.3 Å². The molecule has 0 fully saturated rings. The van der Waals surface area contributed by atoms with Crippen LogP contribution in [-0.4, -0.2) is 23.0 Å². The molecular formula is C22H22O4. The molecule has 2 aromatic carbocycles. The van der Waals surface area contributed by atoms with Crippen LogP contribution in [0.15, 0.2) is 72.0 Å². The van der Waals surface area contributed by atoms with Gasteiger partial charge in [-0.2, -0.15) is 0 Å². The van der Waals surface area contributed by atoms with E-state index in [0.717, 1.165) is 11.1 Å². The van der Waals surface area contributed by atoms with Crippen molar-refractivity contribution in [3.8, 4) is 0 Å². The van der Waals surface area contributed by atoms with Gasteiger partial charge in [0, 0.05) is 0 Å². The fourth-order valence-corrected chi connectivity index (χ4v) is 3.25. The Labute approximate surface area is 153 Å². The van der Waals surface area contributed by atoms with Gasteiger partial charge in [-0.1, -0.05) is 74.5 Å².